The quantitative estimate of drug-likeness (QED) is 0.279. The van der Waals surface area contributed by atoms with E-state index in [2.05, 4.69) is 15.3 Å². The molecule has 1 amide bonds. The summed E-state index contributed by atoms with van der Waals surface area (Å²) in [5.41, 5.74) is 0.109. The van der Waals surface area contributed by atoms with Crippen LogP contribution in [0.2, 0.25) is 0 Å². The summed E-state index contributed by atoms with van der Waals surface area (Å²) in [4.78, 5) is 52.0. The van der Waals surface area contributed by atoms with E-state index in [1.54, 1.807) is 6.92 Å². The Kier molecular flexibility index (Phi) is 6.29. The van der Waals surface area contributed by atoms with Gasteiger partial charge in [-0.05, 0) is 19.4 Å². The highest BCUT2D eigenvalue weighted by atomic mass is 32.2. The number of nitrogens with zero attached hydrogens (tertiary/aromatic N) is 2. The molecule has 1 heterocycles. The van der Waals surface area contributed by atoms with Crippen LogP contribution in [0.4, 0.5) is 11.4 Å². The lowest BCUT2D eigenvalue weighted by atomic mass is 10.1. The number of hydrogen-bond donors (Lipinski definition) is 3. The molecule has 10 nitrogen and oxygen atoms in total. The summed E-state index contributed by atoms with van der Waals surface area (Å²) in [6.07, 6.45) is 0.540. The third-order valence-corrected chi connectivity index (χ3v) is 4.43. The summed E-state index contributed by atoms with van der Waals surface area (Å²) < 4.78 is 0. The van der Waals surface area contributed by atoms with Crippen molar-refractivity contribution in [2.24, 2.45) is 0 Å². The fourth-order valence-electron chi connectivity index (χ4n) is 2.31. The molecule has 142 valence electrons. The van der Waals surface area contributed by atoms with Crippen LogP contribution in [0.25, 0.3) is 0 Å². The molecule has 0 aliphatic heterocycles. The van der Waals surface area contributed by atoms with E-state index >= 15 is 0 Å². The number of H-pyrrole nitrogens is 1. The Morgan fingerprint density at radius 2 is 2.07 bits per heavy atom. The van der Waals surface area contributed by atoms with Gasteiger partial charge in [0.05, 0.1) is 16.2 Å². The predicted molar refractivity (Wildman–Crippen MR) is 98.4 cm³/mol. The van der Waals surface area contributed by atoms with Crippen molar-refractivity contribution in [1.82, 2.24) is 9.97 Å². The molecule has 0 aliphatic carbocycles. The van der Waals surface area contributed by atoms with Gasteiger partial charge in [0, 0.05) is 29.1 Å². The highest BCUT2D eigenvalue weighted by Gasteiger charge is 2.15. The smallest absolute Gasteiger partial charge is 0.336 e. The monoisotopic (exact) mass is 392 g/mol. The van der Waals surface area contributed by atoms with Crippen LogP contribution in [0.3, 0.4) is 0 Å². The highest BCUT2D eigenvalue weighted by molar-refractivity contribution is 7.99. The predicted octanol–water partition coefficient (Wildman–Crippen LogP) is 1.98. The maximum absolute atomic E-state index is 12.1. The van der Waals surface area contributed by atoms with Gasteiger partial charge in [0.1, 0.15) is 0 Å². The summed E-state index contributed by atoms with van der Waals surface area (Å²) >= 11 is 0.987. The highest BCUT2D eigenvalue weighted by Crippen LogP contribution is 2.22. The average molecular weight is 392 g/mol. The molecule has 27 heavy (non-hydrogen) atoms. The van der Waals surface area contributed by atoms with Crippen LogP contribution in [0, 0.1) is 17.0 Å². The molecule has 3 N–H and O–H groups in total. The number of aromatic amines is 1. The standard InChI is InChI=1S/C16H16N4O6S/c1-3-12-8(2)17-16(19-14(12)22)27-7-13(21)18-10-4-9(15(23)24)5-11(6-10)20(25)26/h4-6H,3,7H2,1-2H3,(H,18,21)(H,23,24)(H,17,19,22). The number of aromatic carboxylic acids is 1. The largest absolute Gasteiger partial charge is 0.478 e. The minimum atomic E-state index is -1.35. The first-order chi connectivity index (χ1) is 12.7. The molecular formula is C16H16N4O6S. The Morgan fingerprint density at radius 3 is 2.63 bits per heavy atom. The van der Waals surface area contributed by atoms with Crippen molar-refractivity contribution in [3.63, 3.8) is 0 Å². The second-order valence-electron chi connectivity index (χ2n) is 5.46. The molecule has 0 aliphatic rings. The number of nitrogens with one attached hydrogen (secondary N) is 2. The number of thioether (sulfide) groups is 1. The zero-order valence-corrected chi connectivity index (χ0v) is 15.3. The number of hydrogen-bond acceptors (Lipinski definition) is 7. The molecule has 11 heteroatoms. The number of non-ortho nitro benzene ring substituents is 1. The number of anilines is 1. The number of carboxylic acid groups (broad SMARTS) is 1. The van der Waals surface area contributed by atoms with Crippen LogP contribution in [-0.4, -0.2) is 37.6 Å². The molecule has 0 spiro atoms. The first kappa shape index (κ1) is 20.1. The first-order valence-corrected chi connectivity index (χ1v) is 8.75. The molecule has 1 aromatic heterocycles. The minimum Gasteiger partial charge on any atom is -0.478 e. The van der Waals surface area contributed by atoms with E-state index in [1.165, 1.54) is 0 Å². The van der Waals surface area contributed by atoms with E-state index < -0.39 is 22.5 Å². The van der Waals surface area contributed by atoms with E-state index in [4.69, 9.17) is 5.11 Å². The van der Waals surface area contributed by atoms with Gasteiger partial charge in [0.2, 0.25) is 5.91 Å². The second kappa shape index (κ2) is 8.45. The number of carbonyl (C=O) groups is 2. The molecule has 0 radical (unpaired) electrons. The topological polar surface area (TPSA) is 155 Å². The number of aryl methyl sites for hydroxylation is 1. The van der Waals surface area contributed by atoms with Crippen LogP contribution in [-0.2, 0) is 11.2 Å². The Balaban J connectivity index is 2.11. The molecule has 1 aromatic carbocycles. The maximum Gasteiger partial charge on any atom is 0.336 e. The summed E-state index contributed by atoms with van der Waals surface area (Å²) in [7, 11) is 0. The molecule has 0 unspecified atom stereocenters. The normalized spacial score (nSPS) is 10.4. The fraction of sp³-hybridized carbons (Fsp3) is 0.250. The van der Waals surface area contributed by atoms with Crippen LogP contribution >= 0.6 is 11.8 Å². The van der Waals surface area contributed by atoms with E-state index in [9.17, 15) is 24.5 Å². The lowest BCUT2D eigenvalue weighted by Gasteiger charge is -2.07. The molecular weight excluding hydrogens is 376 g/mol. The fourth-order valence-corrected chi connectivity index (χ4v) is 3.02. The van der Waals surface area contributed by atoms with Gasteiger partial charge in [-0.25, -0.2) is 9.78 Å². The van der Waals surface area contributed by atoms with Crippen LogP contribution in [0.1, 0.15) is 28.5 Å². The van der Waals surface area contributed by atoms with Gasteiger partial charge < -0.3 is 15.4 Å². The lowest BCUT2D eigenvalue weighted by molar-refractivity contribution is -0.384. The summed E-state index contributed by atoms with van der Waals surface area (Å²) in [5, 5.41) is 22.6. The average Bonchev–Trinajstić information content (AvgIpc) is 2.59. The minimum absolute atomic E-state index is 0.00818. The van der Waals surface area contributed by atoms with Crippen molar-refractivity contribution in [3.05, 3.63) is 55.5 Å². The molecule has 2 aromatic rings. The van der Waals surface area contributed by atoms with Gasteiger partial charge in [-0.2, -0.15) is 0 Å². The zero-order chi connectivity index (χ0) is 20.1. The number of aromatic nitrogens is 2. The molecule has 0 saturated carbocycles. The molecule has 0 fully saturated rings. The lowest BCUT2D eigenvalue weighted by Crippen LogP contribution is -2.18. The number of carboxylic acids is 1. The number of rotatable bonds is 7. The Bertz CT molecular complexity index is 940. The van der Waals surface area contributed by atoms with Gasteiger partial charge >= 0.3 is 5.97 Å². The number of benzene rings is 1. The van der Waals surface area contributed by atoms with Gasteiger partial charge in [-0.1, -0.05) is 18.7 Å². The van der Waals surface area contributed by atoms with E-state index in [-0.39, 0.29) is 27.7 Å². The van der Waals surface area contributed by atoms with Gasteiger partial charge in [0.15, 0.2) is 5.16 Å². The third-order valence-electron chi connectivity index (χ3n) is 3.55. The van der Waals surface area contributed by atoms with Crippen molar-refractivity contribution >= 4 is 35.0 Å². The van der Waals surface area contributed by atoms with Gasteiger partial charge in [-0.15, -0.1) is 0 Å². The Hall–Kier alpha value is -3.21. The third kappa shape index (κ3) is 5.14. The van der Waals surface area contributed by atoms with Gasteiger partial charge in [-0.3, -0.25) is 19.7 Å². The van der Waals surface area contributed by atoms with E-state index in [0.717, 1.165) is 30.0 Å². The molecule has 0 atom stereocenters. The van der Waals surface area contributed by atoms with Crippen molar-refractivity contribution < 1.29 is 19.6 Å². The summed E-state index contributed by atoms with van der Waals surface area (Å²) in [5.74, 6) is -2.01. The SMILES string of the molecule is CCc1c(C)nc(SCC(=O)Nc2cc(C(=O)O)cc([N+](=O)[O-])c2)[nH]c1=O. The molecule has 2 rings (SSSR count). The maximum atomic E-state index is 12.1. The van der Waals surface area contributed by atoms with Crippen molar-refractivity contribution in [2.45, 2.75) is 25.4 Å². The summed E-state index contributed by atoms with van der Waals surface area (Å²) in [6.45, 7) is 3.54. The number of nitro groups is 1. The molecule has 0 bridgehead atoms. The van der Waals surface area contributed by atoms with E-state index in [0.29, 0.717) is 17.7 Å². The zero-order valence-electron chi connectivity index (χ0n) is 14.4. The Morgan fingerprint density at radius 1 is 1.37 bits per heavy atom. The van der Waals surface area contributed by atoms with Gasteiger partial charge in [0.25, 0.3) is 11.2 Å². The van der Waals surface area contributed by atoms with Crippen molar-refractivity contribution in [3.8, 4) is 0 Å². The van der Waals surface area contributed by atoms with Crippen LogP contribution in [0.15, 0.2) is 28.2 Å². The van der Waals surface area contributed by atoms with Crippen LogP contribution in [0.5, 0.6) is 0 Å². The van der Waals surface area contributed by atoms with Crippen LogP contribution < -0.4 is 10.9 Å². The summed E-state index contributed by atoms with van der Waals surface area (Å²) in [6, 6.07) is 3.09. The number of carbonyl (C=O) groups excluding carboxylic acids is 1. The Labute approximate surface area is 157 Å². The first-order valence-electron chi connectivity index (χ1n) is 7.76. The molecule has 0 saturated heterocycles. The number of nitro benzene ring substituents is 1. The van der Waals surface area contributed by atoms with Crippen molar-refractivity contribution in [2.75, 3.05) is 11.1 Å². The second-order valence-corrected chi connectivity index (χ2v) is 6.42. The van der Waals surface area contributed by atoms with Crippen molar-refractivity contribution in [1.29, 1.82) is 0 Å². The number of amides is 1. The van der Waals surface area contributed by atoms with E-state index in [1.807, 2.05) is 6.92 Å².